The topological polar surface area (TPSA) is 58.6 Å². The van der Waals surface area contributed by atoms with Gasteiger partial charge in [-0.3, -0.25) is 9.59 Å². The molecule has 1 fully saturated rings. The van der Waals surface area contributed by atoms with Crippen LogP contribution in [-0.4, -0.2) is 35.4 Å². The summed E-state index contributed by atoms with van der Waals surface area (Å²) in [5, 5.41) is 4.02. The van der Waals surface area contributed by atoms with E-state index in [4.69, 9.17) is 27.9 Å². The van der Waals surface area contributed by atoms with E-state index in [1.165, 1.54) is 11.3 Å². The van der Waals surface area contributed by atoms with E-state index in [9.17, 15) is 9.59 Å². The second-order valence-electron chi connectivity index (χ2n) is 8.34. The van der Waals surface area contributed by atoms with Crippen molar-refractivity contribution in [2.45, 2.75) is 64.6 Å². The first-order valence-electron chi connectivity index (χ1n) is 11.1. The summed E-state index contributed by atoms with van der Waals surface area (Å²) in [6, 6.07) is 12.1. The summed E-state index contributed by atoms with van der Waals surface area (Å²) in [6.07, 6.45) is 5.37. The molecule has 32 heavy (non-hydrogen) atoms. The molecule has 1 N–H and O–H groups in total. The normalized spacial score (nSPS) is 15.1. The summed E-state index contributed by atoms with van der Waals surface area (Å²) >= 11 is 12.7. The monoisotopic (exact) mass is 476 g/mol. The molecule has 0 bridgehead atoms. The summed E-state index contributed by atoms with van der Waals surface area (Å²) in [6.45, 7) is 3.64. The highest BCUT2D eigenvalue weighted by Gasteiger charge is 2.29. The Hall–Kier alpha value is -2.24. The molecule has 1 aliphatic rings. The van der Waals surface area contributed by atoms with Crippen LogP contribution in [0.4, 0.5) is 0 Å². The van der Waals surface area contributed by atoms with Gasteiger partial charge in [-0.15, -0.1) is 0 Å². The molecule has 0 aromatic heterocycles. The van der Waals surface area contributed by atoms with Gasteiger partial charge >= 0.3 is 0 Å². The second kappa shape index (κ2) is 11.6. The fourth-order valence-corrected chi connectivity index (χ4v) is 4.38. The van der Waals surface area contributed by atoms with Crippen molar-refractivity contribution in [3.63, 3.8) is 0 Å². The lowest BCUT2D eigenvalue weighted by molar-refractivity contribution is -0.142. The fraction of sp³-hybridized carbons (Fsp3) is 0.440. The third-order valence-electron chi connectivity index (χ3n) is 5.89. The molecule has 2 aromatic carbocycles. The van der Waals surface area contributed by atoms with Gasteiger partial charge in [0.1, 0.15) is 11.8 Å². The molecule has 0 saturated heterocycles. The van der Waals surface area contributed by atoms with Crippen LogP contribution < -0.4 is 10.1 Å². The number of nitrogens with one attached hydrogen (secondary N) is 1. The zero-order chi connectivity index (χ0) is 23.1. The van der Waals surface area contributed by atoms with Crippen molar-refractivity contribution in [3.8, 4) is 5.75 Å². The first-order valence-corrected chi connectivity index (χ1v) is 11.8. The summed E-state index contributed by atoms with van der Waals surface area (Å²) in [4.78, 5) is 27.7. The number of nitrogens with zero attached hydrogens (tertiary/aromatic N) is 1. The number of aryl methyl sites for hydroxylation is 1. The number of hydrogen-bond acceptors (Lipinski definition) is 3. The molecule has 1 aliphatic carbocycles. The number of rotatable bonds is 8. The Bertz CT molecular complexity index is 907. The molecule has 2 amide bonds. The van der Waals surface area contributed by atoms with Gasteiger partial charge in [0.05, 0.1) is 0 Å². The maximum atomic E-state index is 13.2. The van der Waals surface area contributed by atoms with E-state index in [1.807, 2.05) is 31.2 Å². The zero-order valence-electron chi connectivity index (χ0n) is 18.6. The third kappa shape index (κ3) is 6.63. The number of benzene rings is 2. The van der Waals surface area contributed by atoms with Gasteiger partial charge in [0, 0.05) is 28.2 Å². The number of ether oxygens (including phenoxy) is 1. The Labute approximate surface area is 200 Å². The summed E-state index contributed by atoms with van der Waals surface area (Å²) in [5.74, 6) is 0.107. The van der Waals surface area contributed by atoms with Gasteiger partial charge in [-0.05, 0) is 51.0 Å². The minimum atomic E-state index is -0.696. The molecule has 7 heteroatoms. The van der Waals surface area contributed by atoms with Crippen molar-refractivity contribution in [2.75, 3.05) is 6.61 Å². The molecule has 0 radical (unpaired) electrons. The number of amides is 2. The highest BCUT2D eigenvalue weighted by Crippen LogP contribution is 2.27. The third-order valence-corrected chi connectivity index (χ3v) is 6.60. The van der Waals surface area contributed by atoms with E-state index in [1.54, 1.807) is 25.1 Å². The van der Waals surface area contributed by atoms with Crippen LogP contribution in [0.1, 0.15) is 50.2 Å². The molecule has 0 aliphatic heterocycles. The maximum Gasteiger partial charge on any atom is 0.261 e. The van der Waals surface area contributed by atoms with Crippen molar-refractivity contribution < 1.29 is 14.3 Å². The van der Waals surface area contributed by atoms with Crippen molar-refractivity contribution >= 4 is 35.0 Å². The van der Waals surface area contributed by atoms with Crippen LogP contribution in [-0.2, 0) is 16.1 Å². The average Bonchev–Trinajstić information content (AvgIpc) is 2.78. The van der Waals surface area contributed by atoms with Gasteiger partial charge < -0.3 is 15.0 Å². The second-order valence-corrected chi connectivity index (χ2v) is 9.16. The molecule has 0 spiro atoms. The standard InChI is InChI=1S/C25H30Cl2N2O3/c1-17-11-13-20(14-12-17)32-16-24(30)29(15-21-22(26)9-6-10-23(21)27)18(2)25(31)28-19-7-4-3-5-8-19/h6,9-14,18-19H,3-5,7-8,15-16H2,1-2H3,(H,28,31). The van der Waals surface area contributed by atoms with Crippen LogP contribution in [0.3, 0.4) is 0 Å². The van der Waals surface area contributed by atoms with Gasteiger partial charge in [0.2, 0.25) is 5.91 Å². The Balaban J connectivity index is 1.75. The van der Waals surface area contributed by atoms with Gasteiger partial charge in [0.25, 0.3) is 5.91 Å². The predicted octanol–water partition coefficient (Wildman–Crippen LogP) is 5.55. The fourth-order valence-electron chi connectivity index (χ4n) is 3.87. The van der Waals surface area contributed by atoms with Crippen LogP contribution in [0, 0.1) is 6.92 Å². The lowest BCUT2D eigenvalue weighted by Crippen LogP contribution is -2.51. The Kier molecular flexibility index (Phi) is 8.83. The Morgan fingerprint density at radius 1 is 1.06 bits per heavy atom. The molecular formula is C25H30Cl2N2O3. The van der Waals surface area contributed by atoms with Crippen LogP contribution in [0.15, 0.2) is 42.5 Å². The van der Waals surface area contributed by atoms with Crippen molar-refractivity contribution in [3.05, 3.63) is 63.6 Å². The molecular weight excluding hydrogens is 447 g/mol. The Morgan fingerprint density at radius 3 is 2.31 bits per heavy atom. The molecule has 172 valence electrons. The highest BCUT2D eigenvalue weighted by molar-refractivity contribution is 6.36. The first kappa shape index (κ1) is 24.4. The minimum absolute atomic E-state index is 0.119. The van der Waals surface area contributed by atoms with Crippen molar-refractivity contribution in [1.82, 2.24) is 10.2 Å². The number of carbonyl (C=O) groups is 2. The van der Waals surface area contributed by atoms with Crippen LogP contribution in [0.25, 0.3) is 0 Å². The lowest BCUT2D eigenvalue weighted by Gasteiger charge is -2.31. The largest absolute Gasteiger partial charge is 0.484 e. The predicted molar refractivity (Wildman–Crippen MR) is 128 cm³/mol. The van der Waals surface area contributed by atoms with E-state index in [2.05, 4.69) is 5.32 Å². The summed E-state index contributed by atoms with van der Waals surface area (Å²) in [7, 11) is 0. The van der Waals surface area contributed by atoms with E-state index in [0.717, 1.165) is 31.2 Å². The van der Waals surface area contributed by atoms with Gasteiger partial charge in [-0.1, -0.05) is 66.2 Å². The number of hydrogen-bond donors (Lipinski definition) is 1. The molecule has 1 saturated carbocycles. The quantitative estimate of drug-likeness (QED) is 0.543. The number of carbonyl (C=O) groups excluding carboxylic acids is 2. The maximum absolute atomic E-state index is 13.2. The molecule has 2 aromatic rings. The average molecular weight is 477 g/mol. The van der Waals surface area contributed by atoms with E-state index in [0.29, 0.717) is 21.4 Å². The zero-order valence-corrected chi connectivity index (χ0v) is 20.1. The van der Waals surface area contributed by atoms with Crippen LogP contribution in [0.2, 0.25) is 10.0 Å². The summed E-state index contributed by atoms with van der Waals surface area (Å²) < 4.78 is 5.69. The molecule has 5 nitrogen and oxygen atoms in total. The van der Waals surface area contributed by atoms with E-state index < -0.39 is 6.04 Å². The van der Waals surface area contributed by atoms with Gasteiger partial charge in [-0.25, -0.2) is 0 Å². The summed E-state index contributed by atoms with van der Waals surface area (Å²) in [5.41, 5.74) is 1.71. The van der Waals surface area contributed by atoms with Crippen LogP contribution >= 0.6 is 23.2 Å². The first-order chi connectivity index (χ1) is 15.3. The SMILES string of the molecule is Cc1ccc(OCC(=O)N(Cc2c(Cl)cccc2Cl)C(C)C(=O)NC2CCCCC2)cc1. The minimum Gasteiger partial charge on any atom is -0.484 e. The van der Waals surface area contributed by atoms with Gasteiger partial charge in [-0.2, -0.15) is 0 Å². The molecule has 1 atom stereocenters. The van der Waals surface area contributed by atoms with E-state index in [-0.39, 0.29) is 31.0 Å². The Morgan fingerprint density at radius 2 is 1.69 bits per heavy atom. The molecule has 3 rings (SSSR count). The highest BCUT2D eigenvalue weighted by atomic mass is 35.5. The number of halogens is 2. The van der Waals surface area contributed by atoms with Gasteiger partial charge in [0.15, 0.2) is 6.61 Å². The molecule has 0 heterocycles. The molecule has 1 unspecified atom stereocenters. The smallest absolute Gasteiger partial charge is 0.261 e. The van der Waals surface area contributed by atoms with Crippen molar-refractivity contribution in [2.24, 2.45) is 0 Å². The van der Waals surface area contributed by atoms with Crippen molar-refractivity contribution in [1.29, 1.82) is 0 Å². The van der Waals surface area contributed by atoms with Crippen LogP contribution in [0.5, 0.6) is 5.75 Å². The lowest BCUT2D eigenvalue weighted by atomic mass is 9.95. The van der Waals surface area contributed by atoms with E-state index >= 15 is 0 Å².